The van der Waals surface area contributed by atoms with Crippen LogP contribution in [-0.4, -0.2) is 53.6 Å². The number of hydrogen-bond acceptors (Lipinski definition) is 6. The molecule has 160 valence electrons. The summed E-state index contributed by atoms with van der Waals surface area (Å²) in [6, 6.07) is 1.73. The molecule has 5 rings (SSSR count). The number of halogens is 1. The van der Waals surface area contributed by atoms with Gasteiger partial charge in [0.1, 0.15) is 16.6 Å². The fourth-order valence-corrected chi connectivity index (χ4v) is 5.08. The number of ether oxygens (including phenoxy) is 1. The number of aromatic carboxylic acids is 1. The quantitative estimate of drug-likeness (QED) is 0.523. The van der Waals surface area contributed by atoms with Gasteiger partial charge in [-0.15, -0.1) is 0 Å². The minimum absolute atomic E-state index is 0.119. The van der Waals surface area contributed by atoms with Crippen molar-refractivity contribution in [3.05, 3.63) is 29.0 Å². The van der Waals surface area contributed by atoms with Crippen molar-refractivity contribution >= 4 is 22.6 Å². The standard InChI is InChI=1S/C21H25FN4O4/c1-30-20-18-13(17(24-29)14(21(27)28)9-26(18)12-4-5-12)7-15(22)19(20)25-8-11-3-2-6-23-16(11)10-25/h7,9,11-12,16,23,29H,2-6,8,10H2,1H3,(H,27,28)/b24-17+/t11-,16+/m0/s1. The van der Waals surface area contributed by atoms with E-state index >= 15 is 4.39 Å². The van der Waals surface area contributed by atoms with E-state index in [-0.39, 0.29) is 22.3 Å². The molecule has 2 saturated heterocycles. The number of aromatic nitrogens is 1. The van der Waals surface area contributed by atoms with Crippen molar-refractivity contribution in [1.82, 2.24) is 9.88 Å². The normalized spacial score (nSPS) is 24.3. The zero-order valence-corrected chi connectivity index (χ0v) is 16.8. The number of carboxylic acids is 1. The molecular formula is C21H25FN4O4. The fraction of sp³-hybridized carbons (Fsp3) is 0.524. The van der Waals surface area contributed by atoms with E-state index in [1.165, 1.54) is 19.4 Å². The van der Waals surface area contributed by atoms with E-state index in [0.717, 1.165) is 38.8 Å². The molecular weight excluding hydrogens is 391 g/mol. The zero-order valence-electron chi connectivity index (χ0n) is 16.8. The Hall–Kier alpha value is -2.81. The first-order valence-electron chi connectivity index (χ1n) is 10.4. The van der Waals surface area contributed by atoms with Gasteiger partial charge in [0.2, 0.25) is 0 Å². The Morgan fingerprint density at radius 2 is 2.13 bits per heavy atom. The van der Waals surface area contributed by atoms with Gasteiger partial charge in [-0.25, -0.2) is 9.18 Å². The number of piperidine rings is 1. The van der Waals surface area contributed by atoms with Crippen LogP contribution in [0.4, 0.5) is 10.1 Å². The molecule has 3 aliphatic rings. The van der Waals surface area contributed by atoms with Gasteiger partial charge in [-0.3, -0.25) is 0 Å². The molecule has 0 bridgehead atoms. The van der Waals surface area contributed by atoms with Crippen LogP contribution in [0.15, 0.2) is 17.4 Å². The molecule has 3 N–H and O–H groups in total. The summed E-state index contributed by atoms with van der Waals surface area (Å²) in [7, 11) is 1.50. The van der Waals surface area contributed by atoms with Crippen molar-refractivity contribution in [3.8, 4) is 5.75 Å². The number of fused-ring (bicyclic) bond motifs is 2. The number of carboxylic acid groups (broad SMARTS) is 1. The summed E-state index contributed by atoms with van der Waals surface area (Å²) >= 11 is 0. The molecule has 2 aliphatic heterocycles. The average molecular weight is 416 g/mol. The highest BCUT2D eigenvalue weighted by molar-refractivity contribution is 5.97. The zero-order chi connectivity index (χ0) is 21.0. The first-order chi connectivity index (χ1) is 14.5. The van der Waals surface area contributed by atoms with Crippen LogP contribution in [0.5, 0.6) is 5.75 Å². The van der Waals surface area contributed by atoms with Gasteiger partial charge in [-0.05, 0) is 44.2 Å². The smallest absolute Gasteiger partial charge is 0.339 e. The third-order valence-corrected chi connectivity index (χ3v) is 6.61. The Bertz CT molecular complexity index is 1080. The third-order valence-electron chi connectivity index (χ3n) is 6.61. The molecule has 1 aliphatic carbocycles. The van der Waals surface area contributed by atoms with Gasteiger partial charge in [-0.1, -0.05) is 5.16 Å². The number of nitrogens with one attached hydrogen (secondary N) is 1. The molecule has 0 spiro atoms. The van der Waals surface area contributed by atoms with E-state index in [1.54, 1.807) is 0 Å². The van der Waals surface area contributed by atoms with Crippen molar-refractivity contribution in [2.45, 2.75) is 37.8 Å². The highest BCUT2D eigenvalue weighted by Gasteiger charge is 2.38. The van der Waals surface area contributed by atoms with E-state index < -0.39 is 11.8 Å². The lowest BCUT2D eigenvalue weighted by Crippen LogP contribution is -2.40. The summed E-state index contributed by atoms with van der Waals surface area (Å²) < 4.78 is 23.0. The molecule has 9 heteroatoms. The van der Waals surface area contributed by atoms with Gasteiger partial charge in [0, 0.05) is 36.8 Å². The van der Waals surface area contributed by atoms with Crippen molar-refractivity contribution in [1.29, 1.82) is 0 Å². The second-order valence-electron chi connectivity index (χ2n) is 8.44. The van der Waals surface area contributed by atoms with E-state index in [0.29, 0.717) is 35.5 Å². The number of benzene rings is 1. The van der Waals surface area contributed by atoms with Crippen LogP contribution >= 0.6 is 0 Å². The third kappa shape index (κ3) is 2.91. The predicted octanol–water partition coefficient (Wildman–Crippen LogP) is 2.30. The highest BCUT2D eigenvalue weighted by atomic mass is 19.1. The molecule has 8 nitrogen and oxygen atoms in total. The van der Waals surface area contributed by atoms with Crippen LogP contribution in [0, 0.1) is 11.7 Å². The number of pyridine rings is 1. The number of rotatable bonds is 4. The van der Waals surface area contributed by atoms with Crippen molar-refractivity contribution in [2.24, 2.45) is 11.1 Å². The maximum absolute atomic E-state index is 15.5. The van der Waals surface area contributed by atoms with Crippen LogP contribution in [0.1, 0.15) is 42.1 Å². The first kappa shape index (κ1) is 19.2. The van der Waals surface area contributed by atoms with Crippen LogP contribution in [0.2, 0.25) is 0 Å². The van der Waals surface area contributed by atoms with Gasteiger partial charge < -0.3 is 29.8 Å². The predicted molar refractivity (Wildman–Crippen MR) is 108 cm³/mol. The average Bonchev–Trinajstić information content (AvgIpc) is 3.49. The van der Waals surface area contributed by atoms with E-state index in [2.05, 4.69) is 10.5 Å². The van der Waals surface area contributed by atoms with Crippen molar-refractivity contribution < 1.29 is 24.2 Å². The molecule has 1 saturated carbocycles. The Morgan fingerprint density at radius 3 is 2.77 bits per heavy atom. The number of hydrogen-bond donors (Lipinski definition) is 3. The van der Waals surface area contributed by atoms with Gasteiger partial charge in [-0.2, -0.15) is 0 Å². The highest BCUT2D eigenvalue weighted by Crippen LogP contribution is 2.45. The van der Waals surface area contributed by atoms with Gasteiger partial charge in [0.25, 0.3) is 0 Å². The van der Waals surface area contributed by atoms with Gasteiger partial charge in [0.05, 0.1) is 12.6 Å². The number of carbonyl (C=O) groups is 1. The Labute approximate surface area is 172 Å². The van der Waals surface area contributed by atoms with E-state index in [9.17, 15) is 15.1 Å². The number of anilines is 1. The number of methoxy groups -OCH3 is 1. The lowest BCUT2D eigenvalue weighted by molar-refractivity contribution is 0.0693. The Kier molecular flexibility index (Phi) is 4.57. The van der Waals surface area contributed by atoms with Crippen molar-refractivity contribution in [3.63, 3.8) is 0 Å². The minimum atomic E-state index is -1.22. The topological polar surface area (TPSA) is 99.3 Å². The summed E-state index contributed by atoms with van der Waals surface area (Å²) in [5.41, 5.74) is 0.794. The summed E-state index contributed by atoms with van der Waals surface area (Å²) in [4.78, 5) is 13.8. The van der Waals surface area contributed by atoms with Crippen LogP contribution in [0.3, 0.4) is 0 Å². The largest absolute Gasteiger partial charge is 0.492 e. The fourth-order valence-electron chi connectivity index (χ4n) is 5.08. The molecule has 3 fully saturated rings. The molecule has 0 amide bonds. The molecule has 0 unspecified atom stereocenters. The molecule has 3 heterocycles. The first-order valence-corrected chi connectivity index (χ1v) is 10.4. The molecule has 1 aromatic heterocycles. The van der Waals surface area contributed by atoms with E-state index in [4.69, 9.17) is 4.74 Å². The van der Waals surface area contributed by atoms with Crippen LogP contribution in [0.25, 0.3) is 10.9 Å². The Morgan fingerprint density at radius 1 is 1.33 bits per heavy atom. The SMILES string of the molecule is COc1c(N2C[C@@H]3CCCN[C@@H]3C2)c(F)cc2/c(=N\O)c(C(=O)O)cn(C3CC3)c12. The summed E-state index contributed by atoms with van der Waals surface area (Å²) in [6.07, 6.45) is 5.52. The van der Waals surface area contributed by atoms with Crippen LogP contribution < -0.4 is 20.3 Å². The lowest BCUT2D eigenvalue weighted by Gasteiger charge is -2.25. The van der Waals surface area contributed by atoms with E-state index in [1.807, 2.05) is 9.47 Å². The summed E-state index contributed by atoms with van der Waals surface area (Å²) in [5, 5.41) is 26.0. The van der Waals surface area contributed by atoms with Crippen molar-refractivity contribution in [2.75, 3.05) is 31.6 Å². The lowest BCUT2D eigenvalue weighted by atomic mass is 9.94. The summed E-state index contributed by atoms with van der Waals surface area (Å²) in [6.45, 7) is 2.41. The van der Waals surface area contributed by atoms with Gasteiger partial charge in [0.15, 0.2) is 11.6 Å². The maximum Gasteiger partial charge on any atom is 0.339 e. The molecule has 0 radical (unpaired) electrons. The molecule has 2 atom stereocenters. The maximum atomic E-state index is 15.5. The molecule has 1 aromatic carbocycles. The second kappa shape index (κ2) is 7.16. The van der Waals surface area contributed by atoms with Crippen LogP contribution in [-0.2, 0) is 0 Å². The Balaban J connectivity index is 1.76. The number of nitrogens with zero attached hydrogens (tertiary/aromatic N) is 3. The van der Waals surface area contributed by atoms with Gasteiger partial charge >= 0.3 is 5.97 Å². The molecule has 2 aromatic rings. The monoisotopic (exact) mass is 416 g/mol. The second-order valence-corrected chi connectivity index (χ2v) is 8.44. The summed E-state index contributed by atoms with van der Waals surface area (Å²) in [5.74, 6) is -0.908. The minimum Gasteiger partial charge on any atom is -0.492 e. The molecule has 30 heavy (non-hydrogen) atoms.